The molecule has 0 aliphatic carbocycles. The first-order chi connectivity index (χ1) is 8.69. The zero-order chi connectivity index (χ0) is 13.0. The molecule has 1 N–H and O–H groups in total. The molecule has 0 aliphatic heterocycles. The molecular weight excluding hydrogens is 225 g/mol. The topological polar surface area (TPSA) is 12.0 Å². The van der Waals surface area contributed by atoms with Crippen LogP contribution in [0.1, 0.15) is 23.6 Å². The molecule has 0 spiro atoms. The predicted molar refractivity (Wildman–Crippen MR) is 74.3 cm³/mol. The van der Waals surface area contributed by atoms with Crippen molar-refractivity contribution in [3.63, 3.8) is 0 Å². The maximum Gasteiger partial charge on any atom is 0.123 e. The van der Waals surface area contributed by atoms with Crippen molar-refractivity contribution in [2.75, 3.05) is 5.32 Å². The highest BCUT2D eigenvalue weighted by Crippen LogP contribution is 2.16. The van der Waals surface area contributed by atoms with E-state index in [-0.39, 0.29) is 5.82 Å². The maximum absolute atomic E-state index is 13.0. The van der Waals surface area contributed by atoms with E-state index in [1.807, 2.05) is 6.07 Å². The fourth-order valence-electron chi connectivity index (χ4n) is 2.01. The molecule has 2 aromatic rings. The van der Waals surface area contributed by atoms with Crippen molar-refractivity contribution < 1.29 is 4.39 Å². The van der Waals surface area contributed by atoms with Crippen LogP contribution in [0.2, 0.25) is 0 Å². The van der Waals surface area contributed by atoms with Crippen molar-refractivity contribution >= 4 is 5.69 Å². The van der Waals surface area contributed by atoms with E-state index in [2.05, 4.69) is 37.4 Å². The summed E-state index contributed by atoms with van der Waals surface area (Å²) in [6.07, 6.45) is 1.03. The standard InChI is InChI=1S/C16H18FN/c1-3-14-10-16(8-7-12(14)2)18-11-13-5-4-6-15(17)9-13/h4-10,18H,3,11H2,1-2H3. The molecule has 2 aromatic carbocycles. The van der Waals surface area contributed by atoms with Crippen LogP contribution in [-0.4, -0.2) is 0 Å². The average molecular weight is 243 g/mol. The van der Waals surface area contributed by atoms with Crippen LogP contribution >= 0.6 is 0 Å². The van der Waals surface area contributed by atoms with Crippen LogP contribution in [-0.2, 0) is 13.0 Å². The summed E-state index contributed by atoms with van der Waals surface area (Å²) in [4.78, 5) is 0. The summed E-state index contributed by atoms with van der Waals surface area (Å²) in [5.74, 6) is -0.188. The van der Waals surface area contributed by atoms with Crippen molar-refractivity contribution in [1.82, 2.24) is 0 Å². The first kappa shape index (κ1) is 12.6. The SMILES string of the molecule is CCc1cc(NCc2cccc(F)c2)ccc1C. The Balaban J connectivity index is 2.06. The minimum Gasteiger partial charge on any atom is -0.381 e. The number of nitrogens with one attached hydrogen (secondary N) is 1. The van der Waals surface area contributed by atoms with Gasteiger partial charge in [-0.2, -0.15) is 0 Å². The van der Waals surface area contributed by atoms with E-state index >= 15 is 0 Å². The van der Waals surface area contributed by atoms with Crippen LogP contribution in [0.4, 0.5) is 10.1 Å². The van der Waals surface area contributed by atoms with E-state index in [4.69, 9.17) is 0 Å². The van der Waals surface area contributed by atoms with Crippen LogP contribution in [0.3, 0.4) is 0 Å². The normalized spacial score (nSPS) is 10.4. The Morgan fingerprint density at radius 1 is 1.11 bits per heavy atom. The fourth-order valence-corrected chi connectivity index (χ4v) is 2.01. The third-order valence-corrected chi connectivity index (χ3v) is 3.12. The molecule has 0 atom stereocenters. The van der Waals surface area contributed by atoms with Crippen LogP contribution in [0.5, 0.6) is 0 Å². The lowest BCUT2D eigenvalue weighted by atomic mass is 10.1. The minimum absolute atomic E-state index is 0.188. The van der Waals surface area contributed by atoms with E-state index in [0.29, 0.717) is 6.54 Å². The van der Waals surface area contributed by atoms with E-state index in [1.165, 1.54) is 17.2 Å². The zero-order valence-corrected chi connectivity index (χ0v) is 10.8. The first-order valence-electron chi connectivity index (χ1n) is 6.27. The molecule has 0 saturated heterocycles. The lowest BCUT2D eigenvalue weighted by molar-refractivity contribution is 0.626. The summed E-state index contributed by atoms with van der Waals surface area (Å²) in [5, 5.41) is 3.32. The maximum atomic E-state index is 13.0. The molecule has 0 aromatic heterocycles. The predicted octanol–water partition coefficient (Wildman–Crippen LogP) is 4.31. The lowest BCUT2D eigenvalue weighted by Crippen LogP contribution is -2.00. The van der Waals surface area contributed by atoms with Crippen molar-refractivity contribution in [2.45, 2.75) is 26.8 Å². The number of benzene rings is 2. The Hall–Kier alpha value is -1.83. The largest absolute Gasteiger partial charge is 0.381 e. The van der Waals surface area contributed by atoms with Crippen molar-refractivity contribution in [3.05, 3.63) is 65.0 Å². The number of aryl methyl sites for hydroxylation is 2. The summed E-state index contributed by atoms with van der Waals surface area (Å²) in [6.45, 7) is 4.91. The average Bonchev–Trinajstić information content (AvgIpc) is 2.38. The third-order valence-electron chi connectivity index (χ3n) is 3.12. The van der Waals surface area contributed by atoms with Crippen molar-refractivity contribution in [1.29, 1.82) is 0 Å². The van der Waals surface area contributed by atoms with E-state index in [1.54, 1.807) is 12.1 Å². The van der Waals surface area contributed by atoms with Gasteiger partial charge in [0, 0.05) is 12.2 Å². The van der Waals surface area contributed by atoms with Gasteiger partial charge in [-0.15, -0.1) is 0 Å². The van der Waals surface area contributed by atoms with Gasteiger partial charge in [-0.1, -0.05) is 25.1 Å². The third kappa shape index (κ3) is 3.10. The Morgan fingerprint density at radius 2 is 1.94 bits per heavy atom. The second-order valence-electron chi connectivity index (χ2n) is 4.48. The summed E-state index contributed by atoms with van der Waals surface area (Å²) in [6, 6.07) is 13.0. The highest BCUT2D eigenvalue weighted by Gasteiger charge is 1.99. The first-order valence-corrected chi connectivity index (χ1v) is 6.27. The molecule has 94 valence electrons. The minimum atomic E-state index is -0.188. The fraction of sp³-hybridized carbons (Fsp3) is 0.250. The summed E-state index contributed by atoms with van der Waals surface area (Å²) in [7, 11) is 0. The smallest absolute Gasteiger partial charge is 0.123 e. The highest BCUT2D eigenvalue weighted by molar-refractivity contribution is 5.48. The Labute approximate surface area is 108 Å². The second-order valence-corrected chi connectivity index (χ2v) is 4.48. The Bertz CT molecular complexity index is 534. The molecule has 0 fully saturated rings. The molecule has 18 heavy (non-hydrogen) atoms. The van der Waals surface area contributed by atoms with E-state index < -0.39 is 0 Å². The van der Waals surface area contributed by atoms with E-state index in [9.17, 15) is 4.39 Å². The zero-order valence-electron chi connectivity index (χ0n) is 10.8. The van der Waals surface area contributed by atoms with Crippen molar-refractivity contribution in [2.24, 2.45) is 0 Å². The summed E-state index contributed by atoms with van der Waals surface area (Å²) in [5.41, 5.74) is 4.70. The molecule has 0 amide bonds. The molecule has 2 heteroatoms. The summed E-state index contributed by atoms with van der Waals surface area (Å²) < 4.78 is 13.0. The number of rotatable bonds is 4. The van der Waals surface area contributed by atoms with Crippen LogP contribution in [0.25, 0.3) is 0 Å². The van der Waals surface area contributed by atoms with Gasteiger partial charge in [0.15, 0.2) is 0 Å². The molecule has 0 aliphatic rings. The quantitative estimate of drug-likeness (QED) is 0.843. The van der Waals surface area contributed by atoms with Gasteiger partial charge in [-0.3, -0.25) is 0 Å². The second kappa shape index (κ2) is 5.67. The number of halogens is 1. The molecule has 0 saturated carbocycles. The summed E-state index contributed by atoms with van der Waals surface area (Å²) >= 11 is 0. The lowest BCUT2D eigenvalue weighted by Gasteiger charge is -2.10. The van der Waals surface area contributed by atoms with Gasteiger partial charge in [-0.05, 0) is 54.3 Å². The number of anilines is 1. The molecule has 0 bridgehead atoms. The van der Waals surface area contributed by atoms with Crippen molar-refractivity contribution in [3.8, 4) is 0 Å². The number of hydrogen-bond donors (Lipinski definition) is 1. The van der Waals surface area contributed by atoms with Gasteiger partial charge < -0.3 is 5.32 Å². The molecule has 1 nitrogen and oxygen atoms in total. The van der Waals surface area contributed by atoms with Gasteiger partial charge in [0.25, 0.3) is 0 Å². The van der Waals surface area contributed by atoms with Gasteiger partial charge in [0.2, 0.25) is 0 Å². The van der Waals surface area contributed by atoms with Crippen LogP contribution < -0.4 is 5.32 Å². The van der Waals surface area contributed by atoms with E-state index in [0.717, 1.165) is 17.7 Å². The molecule has 0 unspecified atom stereocenters. The number of hydrogen-bond acceptors (Lipinski definition) is 1. The molecule has 0 heterocycles. The van der Waals surface area contributed by atoms with Crippen LogP contribution in [0, 0.1) is 12.7 Å². The molecule has 0 radical (unpaired) electrons. The Morgan fingerprint density at radius 3 is 2.67 bits per heavy atom. The van der Waals surface area contributed by atoms with Gasteiger partial charge in [-0.25, -0.2) is 4.39 Å². The van der Waals surface area contributed by atoms with Crippen LogP contribution in [0.15, 0.2) is 42.5 Å². The van der Waals surface area contributed by atoms with Gasteiger partial charge >= 0.3 is 0 Å². The van der Waals surface area contributed by atoms with Gasteiger partial charge in [0.05, 0.1) is 0 Å². The highest BCUT2D eigenvalue weighted by atomic mass is 19.1. The Kier molecular flexibility index (Phi) is 3.98. The molecular formula is C16H18FN. The van der Waals surface area contributed by atoms with Gasteiger partial charge in [0.1, 0.15) is 5.82 Å². The molecule has 2 rings (SSSR count). The monoisotopic (exact) mass is 243 g/mol.